The molecule has 4 nitrogen and oxygen atoms in total. The Morgan fingerprint density at radius 2 is 2.21 bits per heavy atom. The van der Waals surface area contributed by atoms with Gasteiger partial charge in [0.25, 0.3) is 5.91 Å². The Hall–Kier alpha value is -1.55. The molecule has 4 heteroatoms. The third kappa shape index (κ3) is 3.70. The molecule has 1 amide bonds. The number of nitrogens with one attached hydrogen (secondary N) is 1. The molecule has 1 saturated heterocycles. The lowest BCUT2D eigenvalue weighted by Gasteiger charge is -2.21. The molecule has 1 heterocycles. The second-order valence-electron chi connectivity index (χ2n) is 5.07. The normalized spacial score (nSPS) is 20.3. The van der Waals surface area contributed by atoms with E-state index in [0.29, 0.717) is 5.92 Å². The van der Waals surface area contributed by atoms with Gasteiger partial charge in [-0.1, -0.05) is 18.2 Å². The first-order valence-electron chi connectivity index (χ1n) is 6.86. The van der Waals surface area contributed by atoms with Crippen molar-refractivity contribution in [2.24, 2.45) is 5.92 Å². The summed E-state index contributed by atoms with van der Waals surface area (Å²) in [5.41, 5.74) is 0. The van der Waals surface area contributed by atoms with Crippen LogP contribution in [-0.4, -0.2) is 43.6 Å². The van der Waals surface area contributed by atoms with Crippen LogP contribution in [0.4, 0.5) is 0 Å². The van der Waals surface area contributed by atoms with E-state index in [1.165, 1.54) is 0 Å². The van der Waals surface area contributed by atoms with Gasteiger partial charge in [-0.05, 0) is 45.0 Å². The van der Waals surface area contributed by atoms with Crippen molar-refractivity contribution in [3.05, 3.63) is 30.3 Å². The number of hydrogen-bond acceptors (Lipinski definition) is 3. The van der Waals surface area contributed by atoms with Gasteiger partial charge in [-0.3, -0.25) is 4.79 Å². The molecule has 2 rings (SSSR count). The number of amides is 1. The maximum atomic E-state index is 12.3. The van der Waals surface area contributed by atoms with Crippen molar-refractivity contribution in [3.8, 4) is 5.75 Å². The summed E-state index contributed by atoms with van der Waals surface area (Å²) in [4.78, 5) is 14.2. The molecule has 0 spiro atoms. The van der Waals surface area contributed by atoms with E-state index >= 15 is 0 Å². The number of carbonyl (C=O) groups is 1. The average molecular weight is 262 g/mol. The summed E-state index contributed by atoms with van der Waals surface area (Å²) in [5, 5.41) is 3.17. The number of para-hydroxylation sites is 1. The van der Waals surface area contributed by atoms with Crippen LogP contribution >= 0.6 is 0 Å². The fourth-order valence-electron chi connectivity index (χ4n) is 2.50. The Bertz CT molecular complexity index is 408. The highest BCUT2D eigenvalue weighted by molar-refractivity contribution is 5.81. The molecular weight excluding hydrogens is 240 g/mol. The van der Waals surface area contributed by atoms with Crippen LogP contribution in [0.5, 0.6) is 5.75 Å². The molecule has 2 unspecified atom stereocenters. The first kappa shape index (κ1) is 13.9. The highest BCUT2D eigenvalue weighted by Gasteiger charge is 2.29. The minimum Gasteiger partial charge on any atom is -0.481 e. The minimum atomic E-state index is -0.421. The summed E-state index contributed by atoms with van der Waals surface area (Å²) in [5.74, 6) is 1.40. The molecule has 19 heavy (non-hydrogen) atoms. The number of benzene rings is 1. The molecule has 1 aliphatic heterocycles. The van der Waals surface area contributed by atoms with Crippen LogP contribution < -0.4 is 10.1 Å². The van der Waals surface area contributed by atoms with Gasteiger partial charge in [-0.2, -0.15) is 0 Å². The largest absolute Gasteiger partial charge is 0.481 e. The SMILES string of the molecule is CNCC1CCN(C(=O)C(C)Oc2ccccc2)C1. The van der Waals surface area contributed by atoms with Crippen molar-refractivity contribution in [1.29, 1.82) is 0 Å². The highest BCUT2D eigenvalue weighted by atomic mass is 16.5. The lowest BCUT2D eigenvalue weighted by Crippen LogP contribution is -2.39. The molecule has 0 bridgehead atoms. The Balaban J connectivity index is 1.86. The predicted octanol–water partition coefficient (Wildman–Crippen LogP) is 1.52. The Morgan fingerprint density at radius 3 is 2.89 bits per heavy atom. The van der Waals surface area contributed by atoms with Crippen LogP contribution in [0, 0.1) is 5.92 Å². The van der Waals surface area contributed by atoms with Crippen molar-refractivity contribution in [2.45, 2.75) is 19.4 Å². The molecule has 104 valence electrons. The molecule has 1 fully saturated rings. The number of ether oxygens (including phenoxy) is 1. The van der Waals surface area contributed by atoms with Crippen molar-refractivity contribution < 1.29 is 9.53 Å². The Morgan fingerprint density at radius 1 is 1.47 bits per heavy atom. The van der Waals surface area contributed by atoms with Gasteiger partial charge >= 0.3 is 0 Å². The average Bonchev–Trinajstić information content (AvgIpc) is 2.88. The van der Waals surface area contributed by atoms with E-state index < -0.39 is 6.10 Å². The second kappa shape index (κ2) is 6.57. The van der Waals surface area contributed by atoms with Crippen LogP contribution in [0.3, 0.4) is 0 Å². The van der Waals surface area contributed by atoms with Gasteiger partial charge in [0.05, 0.1) is 0 Å². The zero-order chi connectivity index (χ0) is 13.7. The summed E-state index contributed by atoms with van der Waals surface area (Å²) in [6.45, 7) is 4.47. The molecule has 1 aromatic carbocycles. The Kier molecular flexibility index (Phi) is 4.80. The fraction of sp³-hybridized carbons (Fsp3) is 0.533. The molecule has 0 radical (unpaired) electrons. The molecule has 0 saturated carbocycles. The lowest BCUT2D eigenvalue weighted by molar-refractivity contribution is -0.137. The number of rotatable bonds is 5. The van der Waals surface area contributed by atoms with E-state index in [9.17, 15) is 4.79 Å². The van der Waals surface area contributed by atoms with Gasteiger partial charge in [0, 0.05) is 13.1 Å². The van der Waals surface area contributed by atoms with Gasteiger partial charge in [-0.25, -0.2) is 0 Å². The molecular formula is C15H22N2O2. The van der Waals surface area contributed by atoms with Crippen molar-refractivity contribution >= 4 is 5.91 Å². The van der Waals surface area contributed by atoms with E-state index in [1.54, 1.807) is 0 Å². The van der Waals surface area contributed by atoms with Crippen LogP contribution in [0.1, 0.15) is 13.3 Å². The van der Waals surface area contributed by atoms with E-state index in [4.69, 9.17) is 4.74 Å². The van der Waals surface area contributed by atoms with E-state index in [0.717, 1.165) is 31.8 Å². The monoisotopic (exact) mass is 262 g/mol. The fourth-order valence-corrected chi connectivity index (χ4v) is 2.50. The van der Waals surface area contributed by atoms with Gasteiger partial charge in [-0.15, -0.1) is 0 Å². The van der Waals surface area contributed by atoms with Crippen molar-refractivity contribution in [1.82, 2.24) is 10.2 Å². The molecule has 1 aromatic rings. The molecule has 1 aliphatic rings. The van der Waals surface area contributed by atoms with E-state index in [-0.39, 0.29) is 5.91 Å². The van der Waals surface area contributed by atoms with E-state index in [1.807, 2.05) is 49.2 Å². The van der Waals surface area contributed by atoms with Crippen LogP contribution in [0.2, 0.25) is 0 Å². The van der Waals surface area contributed by atoms with Crippen LogP contribution in [0.15, 0.2) is 30.3 Å². The van der Waals surface area contributed by atoms with Crippen LogP contribution in [-0.2, 0) is 4.79 Å². The van der Waals surface area contributed by atoms with Gasteiger partial charge in [0.1, 0.15) is 5.75 Å². The quantitative estimate of drug-likeness (QED) is 0.875. The zero-order valence-electron chi connectivity index (χ0n) is 11.6. The first-order chi connectivity index (χ1) is 9.20. The standard InChI is InChI=1S/C15H22N2O2/c1-12(19-14-6-4-3-5-7-14)15(18)17-9-8-13(11-17)10-16-2/h3-7,12-13,16H,8-11H2,1-2H3. The molecule has 0 aliphatic carbocycles. The van der Waals surface area contributed by atoms with Gasteiger partial charge in [0.2, 0.25) is 0 Å². The van der Waals surface area contributed by atoms with Crippen molar-refractivity contribution in [3.63, 3.8) is 0 Å². The van der Waals surface area contributed by atoms with E-state index in [2.05, 4.69) is 5.32 Å². The predicted molar refractivity (Wildman–Crippen MR) is 75.1 cm³/mol. The minimum absolute atomic E-state index is 0.0856. The number of nitrogens with zero attached hydrogens (tertiary/aromatic N) is 1. The molecule has 0 aromatic heterocycles. The first-order valence-corrected chi connectivity index (χ1v) is 6.86. The number of likely N-dealkylation sites (tertiary alicyclic amines) is 1. The lowest BCUT2D eigenvalue weighted by atomic mass is 10.1. The third-order valence-electron chi connectivity index (χ3n) is 3.49. The summed E-state index contributed by atoms with van der Waals surface area (Å²) >= 11 is 0. The van der Waals surface area contributed by atoms with Crippen molar-refractivity contribution in [2.75, 3.05) is 26.7 Å². The zero-order valence-corrected chi connectivity index (χ0v) is 11.6. The smallest absolute Gasteiger partial charge is 0.263 e. The maximum absolute atomic E-state index is 12.3. The summed E-state index contributed by atoms with van der Waals surface area (Å²) in [6, 6.07) is 9.49. The maximum Gasteiger partial charge on any atom is 0.263 e. The number of hydrogen-bond donors (Lipinski definition) is 1. The van der Waals surface area contributed by atoms with Gasteiger partial charge in [0.15, 0.2) is 6.10 Å². The highest BCUT2D eigenvalue weighted by Crippen LogP contribution is 2.18. The summed E-state index contributed by atoms with van der Waals surface area (Å²) < 4.78 is 5.68. The molecule has 2 atom stereocenters. The van der Waals surface area contributed by atoms with Gasteiger partial charge < -0.3 is 15.0 Å². The summed E-state index contributed by atoms with van der Waals surface area (Å²) in [7, 11) is 1.95. The number of carbonyl (C=O) groups excluding carboxylic acids is 1. The Labute approximate surface area is 114 Å². The summed E-state index contributed by atoms with van der Waals surface area (Å²) in [6.07, 6.45) is 0.653. The molecule has 1 N–H and O–H groups in total. The second-order valence-corrected chi connectivity index (χ2v) is 5.07. The van der Waals surface area contributed by atoms with Crippen LogP contribution in [0.25, 0.3) is 0 Å². The third-order valence-corrected chi connectivity index (χ3v) is 3.49. The topological polar surface area (TPSA) is 41.6 Å².